The van der Waals surface area contributed by atoms with Gasteiger partial charge in [0.2, 0.25) is 0 Å². The van der Waals surface area contributed by atoms with Gasteiger partial charge in [-0.3, -0.25) is 0 Å². The number of rotatable bonds is 2. The number of hydrogen-bond acceptors (Lipinski definition) is 1. The van der Waals surface area contributed by atoms with Crippen molar-refractivity contribution >= 4 is 0 Å². The Balaban J connectivity index is 0.00000121. The van der Waals surface area contributed by atoms with Crippen LogP contribution in [0.5, 0.6) is 0 Å². The van der Waals surface area contributed by atoms with Crippen LogP contribution in [0.2, 0.25) is 0 Å². The van der Waals surface area contributed by atoms with Crippen LogP contribution in [0, 0.1) is 0 Å². The van der Waals surface area contributed by atoms with Crippen molar-refractivity contribution in [2.45, 2.75) is 63.9 Å². The van der Waals surface area contributed by atoms with Crippen LogP contribution in [0.3, 0.4) is 0 Å². The predicted octanol–water partition coefficient (Wildman–Crippen LogP) is -0.756. The molecule has 12 heavy (non-hydrogen) atoms. The van der Waals surface area contributed by atoms with Crippen LogP contribution in [0.25, 0.3) is 0 Å². The summed E-state index contributed by atoms with van der Waals surface area (Å²) in [6.45, 7) is 2.12. The van der Waals surface area contributed by atoms with Gasteiger partial charge in [-0.05, 0) is 0 Å². The van der Waals surface area contributed by atoms with E-state index >= 15 is 0 Å². The van der Waals surface area contributed by atoms with E-state index in [0.29, 0.717) is 0 Å². The van der Waals surface area contributed by atoms with Crippen LogP contribution in [0.15, 0.2) is 0 Å². The summed E-state index contributed by atoms with van der Waals surface area (Å²) in [6, 6.07) is 0. The van der Waals surface area contributed by atoms with Crippen LogP contribution in [0.1, 0.15) is 58.3 Å². The monoisotopic (exact) mass is 162 g/mol. The van der Waals surface area contributed by atoms with Crippen molar-refractivity contribution in [1.82, 2.24) is 0 Å². The molecule has 0 amide bonds. The van der Waals surface area contributed by atoms with Crippen molar-refractivity contribution < 1.29 is 24.0 Å². The zero-order valence-electron chi connectivity index (χ0n) is 8.57. The van der Waals surface area contributed by atoms with E-state index in [1.807, 2.05) is 0 Å². The molecule has 1 saturated carbocycles. The third-order valence-corrected chi connectivity index (χ3v) is 2.72. The van der Waals surface area contributed by atoms with Gasteiger partial charge in [0, 0.05) is 0 Å². The Kier molecular flexibility index (Phi) is 6.36. The topological polar surface area (TPSA) is 23.1 Å². The first-order chi connectivity index (χ1) is 5.27. The van der Waals surface area contributed by atoms with Crippen molar-refractivity contribution in [3.63, 3.8) is 0 Å². The second-order valence-corrected chi connectivity index (χ2v) is 3.85. The van der Waals surface area contributed by atoms with Crippen molar-refractivity contribution in [1.29, 1.82) is 0 Å². The van der Waals surface area contributed by atoms with Crippen LogP contribution < -0.4 is 24.0 Å². The Morgan fingerprint density at radius 3 is 2.00 bits per heavy atom. The van der Waals surface area contributed by atoms with Gasteiger partial charge in [0.1, 0.15) is 0 Å². The van der Waals surface area contributed by atoms with Gasteiger partial charge in [0.05, 0.1) is 0 Å². The fraction of sp³-hybridized carbons (Fsp3) is 1.00. The molecule has 0 atom stereocenters. The second-order valence-electron chi connectivity index (χ2n) is 3.85. The summed E-state index contributed by atoms with van der Waals surface area (Å²) >= 11 is 0. The van der Waals surface area contributed by atoms with Crippen molar-refractivity contribution in [3.05, 3.63) is 0 Å². The molecule has 0 aromatic rings. The van der Waals surface area contributed by atoms with E-state index in [9.17, 15) is 5.11 Å². The molecule has 1 aliphatic rings. The second kappa shape index (κ2) is 6.08. The summed E-state index contributed by atoms with van der Waals surface area (Å²) in [5.41, 5.74) is -0.536. The van der Waals surface area contributed by atoms with E-state index in [2.05, 4.69) is 6.92 Å². The normalized spacial score (nSPS) is 22.5. The van der Waals surface area contributed by atoms with E-state index in [1.165, 1.54) is 25.7 Å². The predicted molar refractivity (Wildman–Crippen MR) is 45.3 cm³/mol. The third-order valence-electron chi connectivity index (χ3n) is 2.72. The molecular weight excluding hydrogens is 143 g/mol. The molecule has 0 heterocycles. The van der Waals surface area contributed by atoms with Gasteiger partial charge in [0.15, 0.2) is 0 Å². The first kappa shape index (κ1) is 12.6. The largest absolute Gasteiger partial charge is 1.00 e. The minimum atomic E-state index is -0.536. The van der Waals surface area contributed by atoms with E-state index in [-0.39, 0.29) is 18.9 Å². The van der Waals surface area contributed by atoms with E-state index in [0.717, 1.165) is 25.7 Å². The van der Waals surface area contributed by atoms with Gasteiger partial charge < -0.3 is 5.11 Å². The van der Waals surface area contributed by atoms with E-state index < -0.39 is 5.60 Å². The Labute approximate surface area is 88.1 Å². The maximum absolute atomic E-state index is 11.9. The molecule has 0 aromatic carbocycles. The van der Waals surface area contributed by atoms with Crippen molar-refractivity contribution in [2.75, 3.05) is 0 Å². The van der Waals surface area contributed by atoms with E-state index in [1.54, 1.807) is 0 Å². The van der Waals surface area contributed by atoms with Gasteiger partial charge in [-0.25, -0.2) is 0 Å². The molecule has 66 valence electrons. The molecule has 0 unspecified atom stereocenters. The summed E-state index contributed by atoms with van der Waals surface area (Å²) in [4.78, 5) is 0. The van der Waals surface area contributed by atoms with Crippen LogP contribution in [0.4, 0.5) is 0 Å². The van der Waals surface area contributed by atoms with Crippen molar-refractivity contribution in [2.24, 2.45) is 0 Å². The van der Waals surface area contributed by atoms with Crippen molar-refractivity contribution in [3.8, 4) is 0 Å². The van der Waals surface area contributed by atoms with Crippen LogP contribution in [-0.2, 0) is 0 Å². The zero-order chi connectivity index (χ0) is 8.16. The molecule has 1 nitrogen and oxygen atoms in total. The van der Waals surface area contributed by atoms with Gasteiger partial charge in [-0.1, -0.05) is 58.3 Å². The third kappa shape index (κ3) is 3.98. The van der Waals surface area contributed by atoms with Crippen LogP contribution in [-0.4, -0.2) is 5.60 Å². The molecule has 0 spiro atoms. The number of hydrogen-bond donors (Lipinski definition) is 0. The zero-order valence-corrected chi connectivity index (χ0v) is 8.57. The summed E-state index contributed by atoms with van der Waals surface area (Å²) < 4.78 is 0. The minimum absolute atomic E-state index is 0. The molecule has 1 fully saturated rings. The summed E-state index contributed by atoms with van der Waals surface area (Å²) in [7, 11) is 0. The molecule has 2 heteroatoms. The molecule has 0 aromatic heterocycles. The average Bonchev–Trinajstić information content (AvgIpc) is 2.15. The molecule has 0 bridgehead atoms. The molecule has 0 saturated heterocycles. The molecule has 1 rings (SSSR count). The minimum Gasteiger partial charge on any atom is -0.849 e. The maximum Gasteiger partial charge on any atom is 1.00 e. The molecule has 0 N–H and O–H groups in total. The average molecular weight is 162 g/mol. The smallest absolute Gasteiger partial charge is 0.849 e. The molecule has 0 radical (unpaired) electrons. The summed E-state index contributed by atoms with van der Waals surface area (Å²) in [5.74, 6) is 0. The van der Waals surface area contributed by atoms with Gasteiger partial charge in [-0.15, -0.1) is 5.60 Å². The Hall–Kier alpha value is 0.557. The quantitative estimate of drug-likeness (QED) is 0.387. The van der Waals surface area contributed by atoms with E-state index in [4.69, 9.17) is 0 Å². The fourth-order valence-corrected chi connectivity index (χ4v) is 2.08. The standard InChI is InChI=1S/C10H19O.Li/c1-2-7-10(11)8-5-3-4-6-9-10;/h2-9H2,1H3;/q-1;+1. The molecular formula is C10H19LiO. The molecule has 0 aliphatic heterocycles. The molecule has 1 aliphatic carbocycles. The summed E-state index contributed by atoms with van der Waals surface area (Å²) in [5, 5.41) is 11.9. The fourth-order valence-electron chi connectivity index (χ4n) is 2.08. The Morgan fingerprint density at radius 1 is 1.08 bits per heavy atom. The summed E-state index contributed by atoms with van der Waals surface area (Å²) in [6.07, 6.45) is 8.73. The van der Waals surface area contributed by atoms with Gasteiger partial charge in [-0.2, -0.15) is 0 Å². The van der Waals surface area contributed by atoms with Gasteiger partial charge in [0.25, 0.3) is 0 Å². The Morgan fingerprint density at radius 2 is 1.58 bits per heavy atom. The first-order valence-electron chi connectivity index (χ1n) is 4.97. The SMILES string of the molecule is CCCC1([O-])CCCCCC1.[Li+]. The maximum atomic E-state index is 11.9. The Bertz CT molecular complexity index is 106. The van der Waals surface area contributed by atoms with Crippen LogP contribution >= 0.6 is 0 Å². The van der Waals surface area contributed by atoms with Gasteiger partial charge >= 0.3 is 18.9 Å². The first-order valence-corrected chi connectivity index (χ1v) is 4.97.